The lowest BCUT2D eigenvalue weighted by Gasteiger charge is -2.38. The largest absolute Gasteiger partial charge is 0.394 e. The number of hydrogen-bond donors (Lipinski definition) is 0. The lowest BCUT2D eigenvalue weighted by atomic mass is 10.0. The van der Waals surface area contributed by atoms with Gasteiger partial charge in [0.05, 0.1) is 0 Å². The third-order valence-electron chi connectivity index (χ3n) is 3.06. The first-order valence-electron chi connectivity index (χ1n) is 4.66. The molecule has 1 rings (SSSR count). The summed E-state index contributed by atoms with van der Waals surface area (Å²) in [5, 5.41) is 0. The molecule has 0 N–H and O–H groups in total. The summed E-state index contributed by atoms with van der Waals surface area (Å²) in [6.07, 6.45) is 8.71. The van der Waals surface area contributed by atoms with Crippen molar-refractivity contribution in [3.8, 4) is 0 Å². The third-order valence-corrected chi connectivity index (χ3v) is 13.8. The average Bonchev–Trinajstić information content (AvgIpc) is 2.04. The van der Waals surface area contributed by atoms with E-state index in [1.807, 2.05) is 0 Å². The summed E-state index contributed by atoms with van der Waals surface area (Å²) in [7, 11) is 12.8. The van der Waals surface area contributed by atoms with Gasteiger partial charge in [-0.2, -0.15) is 0 Å². The Morgan fingerprint density at radius 3 is 2.00 bits per heavy atom. The van der Waals surface area contributed by atoms with Crippen molar-refractivity contribution in [2.75, 3.05) is 0 Å². The standard InChI is InChI=1S/C7H8.2CH3.2Al.2ClH/c1-7-5-3-2-4-6-7;;;;;;/h2-5,7H,1H3;2*1H3;;;2*1H/q;;;2*+1;;/p-2. The van der Waals surface area contributed by atoms with Crippen LogP contribution in [0.1, 0.15) is 6.92 Å². The molecule has 0 nitrogen and oxygen atoms in total. The Morgan fingerprint density at radius 2 is 1.69 bits per heavy atom. The van der Waals surface area contributed by atoms with Crippen molar-refractivity contribution in [2.45, 2.75) is 21.6 Å². The van der Waals surface area contributed by atoms with Crippen molar-refractivity contribution in [2.24, 2.45) is 5.92 Å². The van der Waals surface area contributed by atoms with Crippen LogP contribution in [0, 0.1) is 5.92 Å². The van der Waals surface area contributed by atoms with Gasteiger partial charge in [-0.1, -0.05) is 39.9 Å². The highest BCUT2D eigenvalue weighted by Crippen LogP contribution is 2.48. The summed E-state index contributed by atoms with van der Waals surface area (Å²) in [6.45, 7) is 2.23. The van der Waals surface area contributed by atoms with Crippen LogP contribution >= 0.6 is 20.1 Å². The molecule has 0 aliphatic heterocycles. The van der Waals surface area contributed by atoms with E-state index in [0.29, 0.717) is 5.92 Å². The van der Waals surface area contributed by atoms with E-state index in [1.54, 1.807) is 0 Å². The van der Waals surface area contributed by atoms with Crippen molar-refractivity contribution in [3.63, 3.8) is 0 Å². The van der Waals surface area contributed by atoms with Crippen LogP contribution < -0.4 is 0 Å². The molecule has 0 amide bonds. The number of allylic oxidation sites excluding steroid dienone is 4. The van der Waals surface area contributed by atoms with E-state index >= 15 is 0 Å². The van der Waals surface area contributed by atoms with E-state index in [4.69, 9.17) is 20.1 Å². The van der Waals surface area contributed by atoms with E-state index in [9.17, 15) is 0 Å². The van der Waals surface area contributed by atoms with E-state index in [-0.39, 0.29) is 3.14 Å². The molecule has 0 saturated carbocycles. The quantitative estimate of drug-likeness (QED) is 0.652. The Bertz CT molecular complexity index is 226. The molecule has 1 unspecified atom stereocenters. The molecule has 0 aromatic heterocycles. The second-order valence-corrected chi connectivity index (χ2v) is 12.8. The van der Waals surface area contributed by atoms with Crippen LogP contribution in [0.25, 0.3) is 0 Å². The summed E-state index contributed by atoms with van der Waals surface area (Å²) < 4.78 is 0.178. The first kappa shape index (κ1) is 12.2. The summed E-state index contributed by atoms with van der Waals surface area (Å²) in [5.74, 6) is 4.90. The van der Waals surface area contributed by atoms with Crippen LogP contribution in [0.4, 0.5) is 0 Å². The maximum atomic E-state index is 6.41. The minimum absolute atomic E-state index is 0.178. The number of rotatable bonds is 2. The van der Waals surface area contributed by atoms with Crippen LogP contribution in [0.2, 0.25) is 14.7 Å². The molecular formula is C9H14Al2Cl2. The lowest BCUT2D eigenvalue weighted by Crippen LogP contribution is -2.40. The van der Waals surface area contributed by atoms with E-state index < -0.39 is 26.5 Å². The first-order chi connectivity index (χ1) is 6.01. The highest BCUT2D eigenvalue weighted by Gasteiger charge is 2.49. The minimum Gasteiger partial charge on any atom is -0.262 e. The van der Waals surface area contributed by atoms with Crippen LogP contribution in [-0.4, -0.2) is 26.5 Å². The zero-order valence-corrected chi connectivity index (χ0v) is 12.1. The van der Waals surface area contributed by atoms with E-state index in [1.165, 1.54) is 0 Å². The van der Waals surface area contributed by atoms with Crippen molar-refractivity contribution in [3.05, 3.63) is 24.3 Å². The molecule has 0 saturated heterocycles. The summed E-state index contributed by atoms with van der Waals surface area (Å²) >= 11 is -2.48. The van der Waals surface area contributed by atoms with Crippen LogP contribution in [0.15, 0.2) is 24.3 Å². The second-order valence-electron chi connectivity index (χ2n) is 3.76. The topological polar surface area (TPSA) is 0 Å². The SMILES string of the molecule is CC1C=CC=C[C]1([Al]([CH3])[Cl])[Al]([CH3])[Cl]. The molecule has 70 valence electrons. The van der Waals surface area contributed by atoms with Crippen molar-refractivity contribution >= 4 is 46.6 Å². The summed E-state index contributed by atoms with van der Waals surface area (Å²) in [5.41, 5.74) is 0. The van der Waals surface area contributed by atoms with Crippen LogP contribution in [-0.2, 0) is 0 Å². The van der Waals surface area contributed by atoms with Gasteiger partial charge in [-0.25, -0.2) is 0 Å². The highest BCUT2D eigenvalue weighted by molar-refractivity contribution is 7.22. The number of hydrogen-bond acceptors (Lipinski definition) is 0. The first-order valence-corrected chi connectivity index (χ1v) is 11.6. The fourth-order valence-electron chi connectivity index (χ4n) is 2.08. The van der Waals surface area contributed by atoms with Crippen LogP contribution in [0.5, 0.6) is 0 Å². The number of halogens is 2. The van der Waals surface area contributed by atoms with Gasteiger partial charge in [0.25, 0.3) is 0 Å². The van der Waals surface area contributed by atoms with Gasteiger partial charge in [-0.3, -0.25) is 20.1 Å². The zero-order valence-electron chi connectivity index (χ0n) is 8.30. The summed E-state index contributed by atoms with van der Waals surface area (Å²) in [4.78, 5) is 0. The molecule has 0 heterocycles. The molecule has 0 fully saturated rings. The predicted molar refractivity (Wildman–Crippen MR) is 65.1 cm³/mol. The molecule has 1 aliphatic rings. The van der Waals surface area contributed by atoms with Gasteiger partial charge in [-0.05, 0) is 5.92 Å². The molecule has 13 heavy (non-hydrogen) atoms. The molecule has 0 radical (unpaired) electrons. The summed E-state index contributed by atoms with van der Waals surface area (Å²) in [6, 6.07) is 0. The average molecular weight is 247 g/mol. The van der Waals surface area contributed by atoms with E-state index in [2.05, 4.69) is 42.8 Å². The van der Waals surface area contributed by atoms with Gasteiger partial charge in [0.2, 0.25) is 0 Å². The van der Waals surface area contributed by atoms with Gasteiger partial charge in [0, 0.05) is 0 Å². The zero-order chi connectivity index (χ0) is 10.1. The molecule has 0 aromatic rings. The fourth-order valence-corrected chi connectivity index (χ4v) is 12.6. The van der Waals surface area contributed by atoms with Crippen molar-refractivity contribution < 1.29 is 0 Å². The Morgan fingerprint density at radius 1 is 1.15 bits per heavy atom. The molecule has 0 bridgehead atoms. The monoisotopic (exact) mass is 246 g/mol. The Kier molecular flexibility index (Phi) is 4.47. The Hall–Kier alpha value is 1.12. The smallest absolute Gasteiger partial charge is 0.262 e. The van der Waals surface area contributed by atoms with Crippen molar-refractivity contribution in [1.29, 1.82) is 0 Å². The highest BCUT2D eigenvalue weighted by atomic mass is 35.6. The molecular weight excluding hydrogens is 233 g/mol. The molecule has 0 spiro atoms. The van der Waals surface area contributed by atoms with Gasteiger partial charge in [0.1, 0.15) is 0 Å². The molecule has 4 heteroatoms. The Balaban J connectivity index is 3.03. The second kappa shape index (κ2) is 4.76. The molecule has 1 atom stereocenters. The minimum atomic E-state index is -1.24. The molecule has 1 aliphatic carbocycles. The predicted octanol–water partition coefficient (Wildman–Crippen LogP) is 3.75. The maximum absolute atomic E-state index is 6.41. The Labute approximate surface area is 97.8 Å². The lowest BCUT2D eigenvalue weighted by molar-refractivity contribution is 0.663. The van der Waals surface area contributed by atoms with Gasteiger partial charge in [0.15, 0.2) is 0 Å². The molecule has 0 aromatic carbocycles. The normalized spacial score (nSPS) is 24.5. The van der Waals surface area contributed by atoms with Crippen molar-refractivity contribution in [1.82, 2.24) is 0 Å². The fraction of sp³-hybridized carbons (Fsp3) is 0.556. The maximum Gasteiger partial charge on any atom is 0.394 e. The van der Waals surface area contributed by atoms with E-state index in [0.717, 1.165) is 0 Å². The van der Waals surface area contributed by atoms with Gasteiger partial charge >= 0.3 is 26.5 Å². The van der Waals surface area contributed by atoms with Gasteiger partial charge in [-0.15, -0.1) is 6.08 Å². The van der Waals surface area contributed by atoms with Crippen LogP contribution in [0.3, 0.4) is 0 Å². The third kappa shape index (κ3) is 2.21. The van der Waals surface area contributed by atoms with Gasteiger partial charge < -0.3 is 0 Å².